The van der Waals surface area contributed by atoms with Gasteiger partial charge in [0.2, 0.25) is 5.91 Å². The Labute approximate surface area is 83.1 Å². The molecule has 0 bridgehead atoms. The van der Waals surface area contributed by atoms with Crippen LogP contribution in [-0.2, 0) is 4.79 Å². The van der Waals surface area contributed by atoms with Gasteiger partial charge in [0.15, 0.2) is 0 Å². The van der Waals surface area contributed by atoms with Crippen LogP contribution >= 0.6 is 0 Å². The highest BCUT2D eigenvalue weighted by Gasteiger charge is 2.54. The van der Waals surface area contributed by atoms with Gasteiger partial charge in [-0.1, -0.05) is 0 Å². The molecule has 0 aromatic carbocycles. The molecule has 5 atom stereocenters. The Morgan fingerprint density at radius 3 is 2.64 bits per heavy atom. The van der Waals surface area contributed by atoms with Crippen molar-refractivity contribution in [2.75, 3.05) is 13.1 Å². The molecule has 1 aliphatic heterocycles. The Bertz CT molecular complexity index is 259. The number of amides is 1. The smallest absolute Gasteiger partial charge is 0.234 e. The van der Waals surface area contributed by atoms with E-state index in [1.165, 1.54) is 6.42 Å². The van der Waals surface area contributed by atoms with E-state index in [-0.39, 0.29) is 18.1 Å². The summed E-state index contributed by atoms with van der Waals surface area (Å²) in [7, 11) is 0. The van der Waals surface area contributed by atoms with Gasteiger partial charge < -0.3 is 15.7 Å². The van der Waals surface area contributed by atoms with Gasteiger partial charge in [0.05, 0.1) is 12.6 Å². The predicted molar refractivity (Wildman–Crippen MR) is 50.5 cm³/mol. The van der Waals surface area contributed by atoms with E-state index in [9.17, 15) is 9.90 Å². The first kappa shape index (κ1) is 8.68. The van der Waals surface area contributed by atoms with Crippen LogP contribution in [0.4, 0.5) is 0 Å². The van der Waals surface area contributed by atoms with Crippen molar-refractivity contribution in [2.45, 2.75) is 25.0 Å². The third-order valence-corrected chi connectivity index (χ3v) is 3.99. The van der Waals surface area contributed by atoms with Crippen LogP contribution in [-0.4, -0.2) is 36.2 Å². The highest BCUT2D eigenvalue weighted by atomic mass is 16.3. The van der Waals surface area contributed by atoms with Gasteiger partial charge in [-0.3, -0.25) is 4.79 Å². The van der Waals surface area contributed by atoms with Crippen molar-refractivity contribution in [1.82, 2.24) is 10.6 Å². The molecule has 0 spiro atoms. The van der Waals surface area contributed by atoms with E-state index < -0.39 is 0 Å². The maximum atomic E-state index is 10.9. The molecule has 0 aromatic rings. The molecule has 1 saturated heterocycles. The minimum atomic E-state index is -0.132. The zero-order chi connectivity index (χ0) is 9.71. The summed E-state index contributed by atoms with van der Waals surface area (Å²) in [5, 5.41) is 16.0. The van der Waals surface area contributed by atoms with Crippen molar-refractivity contribution in [3.05, 3.63) is 0 Å². The number of piperazine rings is 1. The normalized spacial score (nSPS) is 51.2. The lowest BCUT2D eigenvalue weighted by Crippen LogP contribution is -2.56. The van der Waals surface area contributed by atoms with Crippen LogP contribution in [0.5, 0.6) is 0 Å². The molecular weight excluding hydrogens is 180 g/mol. The Balaban J connectivity index is 1.63. The van der Waals surface area contributed by atoms with E-state index in [2.05, 4.69) is 10.6 Å². The number of carbonyl (C=O) groups is 1. The summed E-state index contributed by atoms with van der Waals surface area (Å²) in [4.78, 5) is 10.9. The monoisotopic (exact) mass is 196 g/mol. The first-order chi connectivity index (χ1) is 6.75. The molecule has 2 saturated carbocycles. The summed E-state index contributed by atoms with van der Waals surface area (Å²) in [5.74, 6) is 1.77. The summed E-state index contributed by atoms with van der Waals surface area (Å²) >= 11 is 0. The van der Waals surface area contributed by atoms with Crippen molar-refractivity contribution >= 4 is 5.91 Å². The van der Waals surface area contributed by atoms with Gasteiger partial charge in [-0.2, -0.15) is 0 Å². The van der Waals surface area contributed by atoms with Gasteiger partial charge in [-0.05, 0) is 24.7 Å². The largest absolute Gasteiger partial charge is 0.392 e. The van der Waals surface area contributed by atoms with E-state index in [4.69, 9.17) is 0 Å². The van der Waals surface area contributed by atoms with Gasteiger partial charge >= 0.3 is 0 Å². The standard InChI is InChI=1S/C10H16N2O2/c13-9-4-11-8(3-12-9)7-2-5-1-6(5)10(7)14/h5-8,10-11,14H,1-4H2,(H,12,13)/t5-,6-,7-,8?,10-/m0/s1. The van der Waals surface area contributed by atoms with E-state index in [1.807, 2.05) is 0 Å². The number of aliphatic hydroxyl groups excluding tert-OH is 1. The van der Waals surface area contributed by atoms with E-state index >= 15 is 0 Å². The molecule has 0 aromatic heterocycles. The quantitative estimate of drug-likeness (QED) is 0.509. The van der Waals surface area contributed by atoms with Crippen molar-refractivity contribution < 1.29 is 9.90 Å². The van der Waals surface area contributed by atoms with Gasteiger partial charge in [0.1, 0.15) is 0 Å². The number of rotatable bonds is 1. The van der Waals surface area contributed by atoms with Crippen molar-refractivity contribution in [1.29, 1.82) is 0 Å². The van der Waals surface area contributed by atoms with Crippen molar-refractivity contribution in [2.24, 2.45) is 17.8 Å². The zero-order valence-electron chi connectivity index (χ0n) is 8.07. The minimum absolute atomic E-state index is 0.0684. The summed E-state index contributed by atoms with van der Waals surface area (Å²) < 4.78 is 0. The molecule has 1 unspecified atom stereocenters. The third kappa shape index (κ3) is 1.25. The first-order valence-electron chi connectivity index (χ1n) is 5.44. The van der Waals surface area contributed by atoms with E-state index in [0.717, 1.165) is 12.3 Å². The van der Waals surface area contributed by atoms with Crippen LogP contribution in [0.15, 0.2) is 0 Å². The summed E-state index contributed by atoms with van der Waals surface area (Å²) in [6.45, 7) is 1.09. The van der Waals surface area contributed by atoms with Crippen molar-refractivity contribution in [3.63, 3.8) is 0 Å². The van der Waals surface area contributed by atoms with Gasteiger partial charge in [-0.25, -0.2) is 0 Å². The number of hydrogen-bond acceptors (Lipinski definition) is 3. The Morgan fingerprint density at radius 1 is 1.29 bits per heavy atom. The molecule has 4 heteroatoms. The second-order valence-corrected chi connectivity index (χ2v) is 4.84. The lowest BCUT2D eigenvalue weighted by atomic mass is 9.91. The molecule has 0 radical (unpaired) electrons. The van der Waals surface area contributed by atoms with Gasteiger partial charge in [0, 0.05) is 18.5 Å². The molecule has 3 fully saturated rings. The number of fused-ring (bicyclic) bond motifs is 1. The number of hydrogen-bond donors (Lipinski definition) is 3. The fraction of sp³-hybridized carbons (Fsp3) is 0.900. The molecule has 78 valence electrons. The molecule has 3 N–H and O–H groups in total. The van der Waals surface area contributed by atoms with E-state index in [1.54, 1.807) is 0 Å². The maximum absolute atomic E-state index is 10.9. The average molecular weight is 196 g/mol. The topological polar surface area (TPSA) is 61.4 Å². The Kier molecular flexibility index (Phi) is 1.82. The molecule has 3 rings (SSSR count). The number of carbonyl (C=O) groups excluding carboxylic acids is 1. The maximum Gasteiger partial charge on any atom is 0.234 e. The van der Waals surface area contributed by atoms with E-state index in [0.29, 0.717) is 24.9 Å². The third-order valence-electron chi connectivity index (χ3n) is 3.99. The highest BCUT2D eigenvalue weighted by molar-refractivity contribution is 5.78. The van der Waals surface area contributed by atoms with Crippen molar-refractivity contribution in [3.8, 4) is 0 Å². The highest BCUT2D eigenvalue weighted by Crippen LogP contribution is 2.55. The van der Waals surface area contributed by atoms with Crippen LogP contribution in [0, 0.1) is 17.8 Å². The summed E-state index contributed by atoms with van der Waals surface area (Å²) in [5.41, 5.74) is 0. The molecule has 1 amide bonds. The fourth-order valence-electron chi connectivity index (χ4n) is 3.05. The number of aliphatic hydroxyl groups is 1. The predicted octanol–water partition coefficient (Wildman–Crippen LogP) is -0.909. The fourth-order valence-corrected chi connectivity index (χ4v) is 3.05. The SMILES string of the molecule is O=C1CNC([C@@H]2C[C@@H]3C[C@@H]3[C@@H]2O)CN1. The second-order valence-electron chi connectivity index (χ2n) is 4.84. The average Bonchev–Trinajstić information content (AvgIpc) is 2.88. The van der Waals surface area contributed by atoms with Crippen LogP contribution in [0.1, 0.15) is 12.8 Å². The lowest BCUT2D eigenvalue weighted by molar-refractivity contribution is -0.122. The molecular formula is C10H16N2O2. The first-order valence-corrected chi connectivity index (χ1v) is 5.44. The second kappa shape index (κ2) is 2.94. The Morgan fingerprint density at radius 2 is 2.07 bits per heavy atom. The van der Waals surface area contributed by atoms with Crippen LogP contribution in [0.3, 0.4) is 0 Å². The molecule has 3 aliphatic rings. The number of nitrogens with one attached hydrogen (secondary N) is 2. The molecule has 2 aliphatic carbocycles. The summed E-state index contributed by atoms with van der Waals surface area (Å²) in [6, 6.07) is 0.287. The molecule has 1 heterocycles. The zero-order valence-corrected chi connectivity index (χ0v) is 8.07. The van der Waals surface area contributed by atoms with Crippen LogP contribution in [0.25, 0.3) is 0 Å². The molecule has 14 heavy (non-hydrogen) atoms. The minimum Gasteiger partial charge on any atom is -0.392 e. The Hall–Kier alpha value is -0.610. The lowest BCUT2D eigenvalue weighted by Gasteiger charge is -2.32. The van der Waals surface area contributed by atoms with Gasteiger partial charge in [-0.15, -0.1) is 0 Å². The molecule has 4 nitrogen and oxygen atoms in total. The van der Waals surface area contributed by atoms with Crippen LogP contribution in [0.2, 0.25) is 0 Å². The van der Waals surface area contributed by atoms with Gasteiger partial charge in [0.25, 0.3) is 0 Å². The van der Waals surface area contributed by atoms with Crippen LogP contribution < -0.4 is 10.6 Å². The summed E-state index contributed by atoms with van der Waals surface area (Å²) in [6.07, 6.45) is 2.23.